The summed E-state index contributed by atoms with van der Waals surface area (Å²) < 4.78 is 28.7. The van der Waals surface area contributed by atoms with Gasteiger partial charge in [-0.15, -0.1) is 0 Å². The molecule has 0 aliphatic carbocycles. The number of piperidine rings is 1. The Morgan fingerprint density at radius 2 is 1.74 bits per heavy atom. The number of amides is 1. The molecule has 2 aliphatic heterocycles. The number of carbonyl (C=O) groups is 1. The van der Waals surface area contributed by atoms with Gasteiger partial charge in [0, 0.05) is 50.0 Å². The lowest BCUT2D eigenvalue weighted by molar-refractivity contribution is -0.117. The van der Waals surface area contributed by atoms with Crippen molar-refractivity contribution in [1.29, 1.82) is 0 Å². The highest BCUT2D eigenvalue weighted by molar-refractivity contribution is 7.86. The van der Waals surface area contributed by atoms with Crippen molar-refractivity contribution in [2.24, 2.45) is 5.92 Å². The molecule has 27 heavy (non-hydrogen) atoms. The number of piperazine rings is 1. The van der Waals surface area contributed by atoms with E-state index in [1.165, 1.54) is 0 Å². The van der Waals surface area contributed by atoms with Gasteiger partial charge in [-0.25, -0.2) is 0 Å². The van der Waals surface area contributed by atoms with E-state index in [-0.39, 0.29) is 12.5 Å². The molecule has 7 nitrogen and oxygen atoms in total. The van der Waals surface area contributed by atoms with Crippen LogP contribution in [0.15, 0.2) is 24.3 Å². The molecule has 2 heterocycles. The fraction of sp³-hybridized carbons (Fsp3) is 0.611. The maximum Gasteiger partial charge on any atom is 0.282 e. The highest BCUT2D eigenvalue weighted by Gasteiger charge is 2.34. The fourth-order valence-corrected chi connectivity index (χ4v) is 5.28. The number of hydrogen-bond donors (Lipinski definition) is 1. The van der Waals surface area contributed by atoms with E-state index < -0.39 is 10.2 Å². The molecule has 9 heteroatoms. The van der Waals surface area contributed by atoms with Crippen LogP contribution in [0.3, 0.4) is 0 Å². The van der Waals surface area contributed by atoms with Crippen LogP contribution in [0.4, 0.5) is 5.69 Å². The van der Waals surface area contributed by atoms with Crippen LogP contribution in [0.1, 0.15) is 19.8 Å². The Morgan fingerprint density at radius 3 is 2.37 bits per heavy atom. The largest absolute Gasteiger partial charge is 0.325 e. The minimum atomic E-state index is -3.39. The first-order valence-corrected chi connectivity index (χ1v) is 11.1. The number of benzene rings is 1. The summed E-state index contributed by atoms with van der Waals surface area (Å²) in [6, 6.07) is 7.01. The monoisotopic (exact) mass is 414 g/mol. The number of halogens is 1. The lowest BCUT2D eigenvalue weighted by atomic mass is 10.0. The van der Waals surface area contributed by atoms with Crippen LogP contribution >= 0.6 is 11.6 Å². The molecule has 0 unspecified atom stereocenters. The Balaban J connectivity index is 1.47. The second-order valence-corrected chi connectivity index (χ2v) is 9.69. The number of anilines is 1. The van der Waals surface area contributed by atoms with Crippen molar-refractivity contribution in [2.75, 3.05) is 51.1 Å². The van der Waals surface area contributed by atoms with E-state index in [2.05, 4.69) is 12.2 Å². The minimum absolute atomic E-state index is 0.126. The van der Waals surface area contributed by atoms with E-state index in [0.717, 1.165) is 12.8 Å². The van der Waals surface area contributed by atoms with Crippen molar-refractivity contribution in [2.45, 2.75) is 19.8 Å². The van der Waals surface area contributed by atoms with E-state index in [4.69, 9.17) is 11.6 Å². The molecule has 0 bridgehead atoms. The van der Waals surface area contributed by atoms with Crippen molar-refractivity contribution in [1.82, 2.24) is 13.5 Å². The second-order valence-electron chi connectivity index (χ2n) is 7.32. The lowest BCUT2D eigenvalue weighted by Crippen LogP contribution is -2.55. The van der Waals surface area contributed by atoms with E-state index in [0.29, 0.717) is 55.9 Å². The predicted molar refractivity (Wildman–Crippen MR) is 107 cm³/mol. The zero-order valence-electron chi connectivity index (χ0n) is 15.6. The Bertz CT molecular complexity index is 758. The normalized spacial score (nSPS) is 21.3. The standard InChI is InChI=1S/C18H27ClN4O3S/c1-15-5-7-22(8-6-15)27(25,26)23-11-9-21(10-12-23)14-18(24)20-17-4-2-3-16(19)13-17/h2-4,13,15H,5-12,14H2,1H3,(H,20,24). The second kappa shape index (κ2) is 8.87. The molecule has 0 saturated carbocycles. The summed E-state index contributed by atoms with van der Waals surface area (Å²) in [6.07, 6.45) is 1.84. The Labute approximate surface area is 166 Å². The van der Waals surface area contributed by atoms with Gasteiger partial charge in [0.1, 0.15) is 0 Å². The molecule has 0 spiro atoms. The van der Waals surface area contributed by atoms with Crippen LogP contribution in [-0.4, -0.2) is 73.6 Å². The third kappa shape index (κ3) is 5.42. The molecular formula is C18H27ClN4O3S. The van der Waals surface area contributed by atoms with Gasteiger partial charge in [0.25, 0.3) is 10.2 Å². The predicted octanol–water partition coefficient (Wildman–Crippen LogP) is 1.87. The van der Waals surface area contributed by atoms with Crippen molar-refractivity contribution < 1.29 is 13.2 Å². The maximum absolute atomic E-state index is 12.8. The molecule has 1 amide bonds. The Kier molecular flexibility index (Phi) is 6.75. The van der Waals surface area contributed by atoms with Crippen molar-refractivity contribution >= 4 is 33.4 Å². The van der Waals surface area contributed by atoms with Crippen LogP contribution in [-0.2, 0) is 15.0 Å². The first-order chi connectivity index (χ1) is 12.8. The van der Waals surface area contributed by atoms with Crippen LogP contribution < -0.4 is 5.32 Å². The SMILES string of the molecule is CC1CCN(S(=O)(=O)N2CCN(CC(=O)Nc3cccc(Cl)c3)CC2)CC1. The summed E-state index contributed by atoms with van der Waals surface area (Å²) in [7, 11) is -3.39. The van der Waals surface area contributed by atoms with Gasteiger partial charge in [-0.2, -0.15) is 17.0 Å². The van der Waals surface area contributed by atoms with Gasteiger partial charge in [0.05, 0.1) is 6.54 Å². The smallest absolute Gasteiger partial charge is 0.282 e. The van der Waals surface area contributed by atoms with Gasteiger partial charge in [0.15, 0.2) is 0 Å². The van der Waals surface area contributed by atoms with Gasteiger partial charge < -0.3 is 5.32 Å². The molecule has 1 aromatic rings. The van der Waals surface area contributed by atoms with Gasteiger partial charge in [-0.05, 0) is 37.0 Å². The summed E-state index contributed by atoms with van der Waals surface area (Å²) in [5.74, 6) is 0.463. The zero-order valence-corrected chi connectivity index (χ0v) is 17.2. The molecule has 2 fully saturated rings. The summed E-state index contributed by atoms with van der Waals surface area (Å²) in [4.78, 5) is 14.2. The van der Waals surface area contributed by atoms with E-state index in [1.807, 2.05) is 4.90 Å². The minimum Gasteiger partial charge on any atom is -0.325 e. The van der Waals surface area contributed by atoms with Gasteiger partial charge in [0.2, 0.25) is 5.91 Å². The number of nitrogens with one attached hydrogen (secondary N) is 1. The molecule has 3 rings (SSSR count). The Hall–Kier alpha value is -1.19. The van der Waals surface area contributed by atoms with Crippen LogP contribution in [0.25, 0.3) is 0 Å². The average molecular weight is 415 g/mol. The number of nitrogens with zero attached hydrogens (tertiary/aromatic N) is 3. The molecule has 0 radical (unpaired) electrons. The van der Waals surface area contributed by atoms with Crippen LogP contribution in [0.5, 0.6) is 0 Å². The maximum atomic E-state index is 12.8. The fourth-order valence-electron chi connectivity index (χ4n) is 3.47. The first-order valence-electron chi connectivity index (χ1n) is 9.37. The summed E-state index contributed by atoms with van der Waals surface area (Å²) in [6.45, 7) is 5.53. The van der Waals surface area contributed by atoms with E-state index in [9.17, 15) is 13.2 Å². The average Bonchev–Trinajstić information content (AvgIpc) is 2.62. The highest BCUT2D eigenvalue weighted by Crippen LogP contribution is 2.21. The van der Waals surface area contributed by atoms with Crippen LogP contribution in [0.2, 0.25) is 5.02 Å². The molecular weight excluding hydrogens is 388 g/mol. The van der Waals surface area contributed by atoms with Gasteiger partial charge >= 0.3 is 0 Å². The Morgan fingerprint density at radius 1 is 1.11 bits per heavy atom. The molecule has 2 saturated heterocycles. The van der Waals surface area contributed by atoms with E-state index >= 15 is 0 Å². The third-order valence-corrected chi connectivity index (χ3v) is 7.47. The number of hydrogen-bond acceptors (Lipinski definition) is 4. The highest BCUT2D eigenvalue weighted by atomic mass is 35.5. The van der Waals surface area contributed by atoms with E-state index in [1.54, 1.807) is 32.9 Å². The van der Waals surface area contributed by atoms with Crippen molar-refractivity contribution in [3.63, 3.8) is 0 Å². The van der Waals surface area contributed by atoms with Crippen molar-refractivity contribution in [3.8, 4) is 0 Å². The molecule has 0 aromatic heterocycles. The molecule has 1 aromatic carbocycles. The summed E-state index contributed by atoms with van der Waals surface area (Å²) in [5.41, 5.74) is 0.660. The summed E-state index contributed by atoms with van der Waals surface area (Å²) >= 11 is 5.92. The van der Waals surface area contributed by atoms with Gasteiger partial charge in [-0.3, -0.25) is 9.69 Å². The zero-order chi connectivity index (χ0) is 19.4. The molecule has 150 valence electrons. The van der Waals surface area contributed by atoms with Crippen LogP contribution in [0, 0.1) is 5.92 Å². The molecule has 2 aliphatic rings. The first kappa shape index (κ1) is 20.5. The van der Waals surface area contributed by atoms with Crippen molar-refractivity contribution in [3.05, 3.63) is 29.3 Å². The molecule has 1 N–H and O–H groups in total. The quantitative estimate of drug-likeness (QED) is 0.798. The lowest BCUT2D eigenvalue weighted by Gasteiger charge is -2.38. The topological polar surface area (TPSA) is 73.0 Å². The third-order valence-electron chi connectivity index (χ3n) is 5.20. The molecule has 0 atom stereocenters. The number of rotatable bonds is 5. The van der Waals surface area contributed by atoms with Gasteiger partial charge in [-0.1, -0.05) is 24.6 Å². The summed E-state index contributed by atoms with van der Waals surface area (Å²) in [5, 5.41) is 3.39. The number of carbonyl (C=O) groups excluding carboxylic acids is 1.